The number of benzene rings is 2. The number of carbonyl (C=O) groups is 1. The van der Waals surface area contributed by atoms with Crippen LogP contribution in [0.5, 0.6) is 0 Å². The molecule has 1 aromatic heterocycles. The van der Waals surface area contributed by atoms with Crippen LogP contribution in [0.4, 0.5) is 5.69 Å². The average Bonchev–Trinajstić information content (AvgIpc) is 2.97. The Bertz CT molecular complexity index is 1200. The van der Waals surface area contributed by atoms with E-state index in [1.807, 2.05) is 31.2 Å². The van der Waals surface area contributed by atoms with Crippen molar-refractivity contribution in [1.29, 1.82) is 0 Å². The van der Waals surface area contributed by atoms with Gasteiger partial charge in [-0.2, -0.15) is 5.10 Å². The van der Waals surface area contributed by atoms with Crippen molar-refractivity contribution in [2.75, 3.05) is 19.4 Å². The minimum atomic E-state index is -3.60. The summed E-state index contributed by atoms with van der Waals surface area (Å²) >= 11 is 6.24. The Morgan fingerprint density at radius 1 is 1.13 bits per heavy atom. The lowest BCUT2D eigenvalue weighted by atomic mass is 10.1. The number of anilines is 1. The van der Waals surface area contributed by atoms with Crippen LogP contribution in [-0.4, -0.2) is 42.5 Å². The van der Waals surface area contributed by atoms with E-state index in [9.17, 15) is 13.2 Å². The summed E-state index contributed by atoms with van der Waals surface area (Å²) in [6, 6.07) is 13.6. The van der Waals surface area contributed by atoms with Crippen molar-refractivity contribution >= 4 is 33.2 Å². The Kier molecular flexibility index (Phi) is 6.30. The number of halogens is 1. The third-order valence-electron chi connectivity index (χ3n) is 4.76. The van der Waals surface area contributed by atoms with Crippen LogP contribution >= 0.6 is 11.6 Å². The van der Waals surface area contributed by atoms with Gasteiger partial charge >= 0.3 is 0 Å². The number of hydrogen-bond acceptors (Lipinski definition) is 4. The second-order valence-electron chi connectivity index (χ2n) is 7.06. The van der Waals surface area contributed by atoms with Gasteiger partial charge in [-0.3, -0.25) is 9.48 Å². The number of aromatic nitrogens is 2. The van der Waals surface area contributed by atoms with E-state index in [4.69, 9.17) is 11.6 Å². The normalized spacial score (nSPS) is 11.7. The number of aryl methyl sites for hydroxylation is 1. The van der Waals surface area contributed by atoms with E-state index in [1.165, 1.54) is 26.2 Å². The van der Waals surface area contributed by atoms with Crippen LogP contribution < -0.4 is 5.32 Å². The third kappa shape index (κ3) is 4.40. The zero-order chi connectivity index (χ0) is 22.1. The molecule has 0 spiro atoms. The highest BCUT2D eigenvalue weighted by Crippen LogP contribution is 2.22. The van der Waals surface area contributed by atoms with E-state index in [1.54, 1.807) is 23.7 Å². The molecule has 9 heteroatoms. The molecule has 0 unspecified atom stereocenters. The minimum Gasteiger partial charge on any atom is -0.322 e. The van der Waals surface area contributed by atoms with Gasteiger partial charge in [0, 0.05) is 30.5 Å². The first-order valence-electron chi connectivity index (χ1n) is 9.22. The van der Waals surface area contributed by atoms with Crippen LogP contribution in [0.2, 0.25) is 5.02 Å². The Hall–Kier alpha value is -2.68. The summed E-state index contributed by atoms with van der Waals surface area (Å²) in [4.78, 5) is 13.0. The monoisotopic (exact) mass is 446 g/mol. The van der Waals surface area contributed by atoms with Crippen LogP contribution in [0, 0.1) is 13.8 Å². The Balaban J connectivity index is 1.87. The van der Waals surface area contributed by atoms with Gasteiger partial charge in [0.15, 0.2) is 0 Å². The van der Waals surface area contributed by atoms with Gasteiger partial charge in [-0.1, -0.05) is 35.9 Å². The molecule has 3 rings (SSSR count). The molecule has 0 fully saturated rings. The molecule has 0 saturated heterocycles. The zero-order valence-electron chi connectivity index (χ0n) is 17.2. The molecule has 1 N–H and O–H groups in total. The van der Waals surface area contributed by atoms with Crippen LogP contribution in [-0.2, 0) is 16.6 Å². The van der Waals surface area contributed by atoms with Crippen molar-refractivity contribution in [2.24, 2.45) is 0 Å². The van der Waals surface area contributed by atoms with Crippen LogP contribution in [0.1, 0.15) is 27.3 Å². The summed E-state index contributed by atoms with van der Waals surface area (Å²) in [7, 11) is -0.680. The number of sulfonamides is 1. The molecule has 7 nitrogen and oxygen atoms in total. The van der Waals surface area contributed by atoms with E-state index < -0.39 is 10.0 Å². The van der Waals surface area contributed by atoms with Gasteiger partial charge in [-0.05, 0) is 43.7 Å². The maximum atomic E-state index is 12.9. The summed E-state index contributed by atoms with van der Waals surface area (Å²) in [5.41, 5.74) is 3.01. The zero-order valence-corrected chi connectivity index (χ0v) is 18.8. The molecule has 2 aromatic carbocycles. The first-order chi connectivity index (χ1) is 14.1. The van der Waals surface area contributed by atoms with Crippen molar-refractivity contribution in [2.45, 2.75) is 25.3 Å². The quantitative estimate of drug-likeness (QED) is 0.625. The molecule has 0 bridgehead atoms. The standard InChI is InChI=1S/C21H23ClN4O3S/c1-14-20(15(2)26(24-14)13-16-8-5-6-11-19(16)22)21(27)23-17-9-7-10-18(12-17)30(28,29)25(3)4/h5-12H,13H2,1-4H3,(H,23,27). The Morgan fingerprint density at radius 2 is 1.83 bits per heavy atom. The Labute approximate surface area is 181 Å². The van der Waals surface area contributed by atoms with E-state index >= 15 is 0 Å². The van der Waals surface area contributed by atoms with E-state index in [0.29, 0.717) is 34.2 Å². The van der Waals surface area contributed by atoms with E-state index in [0.717, 1.165) is 9.87 Å². The van der Waals surface area contributed by atoms with Gasteiger partial charge < -0.3 is 5.32 Å². The lowest BCUT2D eigenvalue weighted by Crippen LogP contribution is -2.22. The fourth-order valence-electron chi connectivity index (χ4n) is 3.11. The van der Waals surface area contributed by atoms with Gasteiger partial charge in [0.25, 0.3) is 5.91 Å². The molecule has 30 heavy (non-hydrogen) atoms. The SMILES string of the molecule is Cc1nn(Cc2ccccc2Cl)c(C)c1C(=O)Nc1cccc(S(=O)(=O)N(C)C)c1. The number of amides is 1. The molecule has 1 heterocycles. The first kappa shape index (κ1) is 22.0. The molecular weight excluding hydrogens is 424 g/mol. The van der Waals surface area contributed by atoms with Crippen molar-refractivity contribution in [3.63, 3.8) is 0 Å². The highest BCUT2D eigenvalue weighted by molar-refractivity contribution is 7.89. The van der Waals surface area contributed by atoms with Gasteiger partial charge in [0.05, 0.1) is 22.7 Å². The second kappa shape index (κ2) is 8.59. The fraction of sp³-hybridized carbons (Fsp3) is 0.238. The maximum Gasteiger partial charge on any atom is 0.259 e. The van der Waals surface area contributed by atoms with Crippen LogP contribution in [0.25, 0.3) is 0 Å². The van der Waals surface area contributed by atoms with Crippen molar-refractivity contribution in [3.05, 3.63) is 76.1 Å². The number of hydrogen-bond donors (Lipinski definition) is 1. The largest absolute Gasteiger partial charge is 0.322 e. The second-order valence-corrected chi connectivity index (χ2v) is 9.62. The number of nitrogens with zero attached hydrogens (tertiary/aromatic N) is 3. The fourth-order valence-corrected chi connectivity index (χ4v) is 4.25. The predicted molar refractivity (Wildman–Crippen MR) is 118 cm³/mol. The Morgan fingerprint density at radius 3 is 2.50 bits per heavy atom. The molecule has 0 aliphatic rings. The molecule has 0 saturated carbocycles. The maximum absolute atomic E-state index is 12.9. The minimum absolute atomic E-state index is 0.105. The number of carbonyl (C=O) groups excluding carboxylic acids is 1. The lowest BCUT2D eigenvalue weighted by Gasteiger charge is -2.13. The molecule has 3 aromatic rings. The number of rotatable bonds is 6. The molecule has 0 radical (unpaired) electrons. The summed E-state index contributed by atoms with van der Waals surface area (Å²) in [6.07, 6.45) is 0. The molecular formula is C21H23ClN4O3S. The molecule has 0 atom stereocenters. The molecule has 0 aliphatic carbocycles. The van der Waals surface area contributed by atoms with Crippen LogP contribution in [0.3, 0.4) is 0 Å². The summed E-state index contributed by atoms with van der Waals surface area (Å²) in [5, 5.41) is 7.90. The summed E-state index contributed by atoms with van der Waals surface area (Å²) in [6.45, 7) is 4.02. The van der Waals surface area contributed by atoms with Crippen molar-refractivity contribution in [1.82, 2.24) is 14.1 Å². The molecule has 158 valence electrons. The lowest BCUT2D eigenvalue weighted by molar-refractivity contribution is 0.102. The smallest absolute Gasteiger partial charge is 0.259 e. The van der Waals surface area contributed by atoms with Crippen molar-refractivity contribution in [3.8, 4) is 0 Å². The van der Waals surface area contributed by atoms with Crippen LogP contribution in [0.15, 0.2) is 53.4 Å². The highest BCUT2D eigenvalue weighted by Gasteiger charge is 2.21. The van der Waals surface area contributed by atoms with Gasteiger partial charge in [-0.15, -0.1) is 0 Å². The summed E-state index contributed by atoms with van der Waals surface area (Å²) in [5.74, 6) is -0.352. The first-order valence-corrected chi connectivity index (χ1v) is 11.0. The third-order valence-corrected chi connectivity index (χ3v) is 6.94. The van der Waals surface area contributed by atoms with E-state index in [-0.39, 0.29) is 10.8 Å². The molecule has 0 aliphatic heterocycles. The topological polar surface area (TPSA) is 84.3 Å². The number of nitrogens with one attached hydrogen (secondary N) is 1. The molecule has 1 amide bonds. The predicted octanol–water partition coefficient (Wildman–Crippen LogP) is 3.70. The van der Waals surface area contributed by atoms with Crippen molar-refractivity contribution < 1.29 is 13.2 Å². The van der Waals surface area contributed by atoms with Gasteiger partial charge in [0.1, 0.15) is 0 Å². The van der Waals surface area contributed by atoms with Gasteiger partial charge in [0.2, 0.25) is 10.0 Å². The average molecular weight is 447 g/mol. The van der Waals surface area contributed by atoms with Gasteiger partial charge in [-0.25, -0.2) is 12.7 Å². The highest BCUT2D eigenvalue weighted by atomic mass is 35.5. The summed E-state index contributed by atoms with van der Waals surface area (Å²) < 4.78 is 27.5. The van der Waals surface area contributed by atoms with E-state index in [2.05, 4.69) is 10.4 Å².